The lowest BCUT2D eigenvalue weighted by molar-refractivity contribution is 0.385. The SMILES string of the molecule is CCCC1=C(O)NS(=O)(=O)N1c1ccc(-n2cc(-c3ccc(Cl)cc3Cl)nc2Cc2ccc(-c3ccc(C(C)(C)C)cc3)cc2)cc1. The van der Waals surface area contributed by atoms with Crippen LogP contribution in [0.2, 0.25) is 10.0 Å². The molecule has 0 spiro atoms. The lowest BCUT2D eigenvalue weighted by Gasteiger charge is -2.20. The second-order valence-corrected chi connectivity index (χ2v) is 15.0. The summed E-state index contributed by atoms with van der Waals surface area (Å²) < 4.78 is 31.0. The molecule has 242 valence electrons. The Labute approximate surface area is 286 Å². The molecule has 0 aliphatic carbocycles. The van der Waals surface area contributed by atoms with E-state index < -0.39 is 10.2 Å². The number of rotatable bonds is 8. The van der Waals surface area contributed by atoms with Gasteiger partial charge in [0.05, 0.1) is 22.1 Å². The number of halogens is 2. The van der Waals surface area contributed by atoms with Gasteiger partial charge in [0.1, 0.15) is 5.82 Å². The Hall–Kier alpha value is -4.24. The minimum Gasteiger partial charge on any atom is -0.493 e. The fourth-order valence-corrected chi connectivity index (χ4v) is 7.55. The number of aromatic nitrogens is 2. The van der Waals surface area contributed by atoms with Crippen LogP contribution in [-0.4, -0.2) is 23.1 Å². The van der Waals surface area contributed by atoms with Gasteiger partial charge in [-0.25, -0.2) is 14.0 Å². The molecule has 0 atom stereocenters. The summed E-state index contributed by atoms with van der Waals surface area (Å²) in [6.45, 7) is 8.56. The molecule has 0 unspecified atom stereocenters. The number of anilines is 1. The van der Waals surface area contributed by atoms with Crippen molar-refractivity contribution in [1.29, 1.82) is 0 Å². The highest BCUT2D eigenvalue weighted by molar-refractivity contribution is 7.91. The fourth-order valence-electron chi connectivity index (χ4n) is 5.72. The van der Waals surface area contributed by atoms with E-state index in [1.807, 2.05) is 35.9 Å². The maximum Gasteiger partial charge on any atom is 0.330 e. The average Bonchev–Trinajstić information content (AvgIpc) is 3.53. The Balaban J connectivity index is 1.34. The second kappa shape index (κ2) is 12.8. The number of aliphatic hydroxyl groups excluding tert-OH is 1. The molecule has 2 N–H and O–H groups in total. The van der Waals surface area contributed by atoms with Crippen LogP contribution in [-0.2, 0) is 22.0 Å². The van der Waals surface area contributed by atoms with E-state index in [4.69, 9.17) is 28.2 Å². The molecule has 5 aromatic rings. The second-order valence-electron chi connectivity index (χ2n) is 12.7. The van der Waals surface area contributed by atoms with Gasteiger partial charge in [-0.1, -0.05) is 106 Å². The Morgan fingerprint density at radius 3 is 2.06 bits per heavy atom. The van der Waals surface area contributed by atoms with Crippen molar-refractivity contribution < 1.29 is 13.5 Å². The summed E-state index contributed by atoms with van der Waals surface area (Å²) in [4.78, 5) is 5.00. The zero-order valence-electron chi connectivity index (χ0n) is 26.6. The highest BCUT2D eigenvalue weighted by Crippen LogP contribution is 2.34. The molecule has 10 heteroatoms. The molecule has 47 heavy (non-hydrogen) atoms. The maximum atomic E-state index is 12.8. The minimum absolute atomic E-state index is 0.0980. The Kier molecular flexibility index (Phi) is 8.87. The van der Waals surface area contributed by atoms with Crippen LogP contribution in [0, 0.1) is 0 Å². The lowest BCUT2D eigenvalue weighted by Crippen LogP contribution is -2.31. The standard InChI is InChI=1S/C37H36Cl2N4O3S/c1-5-6-34-36(44)41-47(45,46)43(34)30-18-16-29(17-19-30)42-23-33(31-20-15-28(38)22-32(31)39)40-35(42)21-24-7-9-25(10-8-24)26-11-13-27(14-12-26)37(2,3)4/h7-20,22-23,41,44H,5-6,21H2,1-4H3. The van der Waals surface area contributed by atoms with Gasteiger partial charge < -0.3 is 9.67 Å². The first-order valence-corrected chi connectivity index (χ1v) is 17.6. The van der Waals surface area contributed by atoms with E-state index in [2.05, 4.69) is 74.0 Å². The zero-order chi connectivity index (χ0) is 33.5. The number of aliphatic hydroxyl groups is 1. The largest absolute Gasteiger partial charge is 0.493 e. The number of imidazole rings is 1. The van der Waals surface area contributed by atoms with Crippen LogP contribution in [0.4, 0.5) is 5.69 Å². The maximum absolute atomic E-state index is 12.8. The van der Waals surface area contributed by atoms with E-state index in [0.717, 1.165) is 38.1 Å². The molecule has 1 aliphatic heterocycles. The van der Waals surface area contributed by atoms with Crippen molar-refractivity contribution in [3.05, 3.63) is 136 Å². The number of benzene rings is 4. The van der Waals surface area contributed by atoms with Crippen molar-refractivity contribution >= 4 is 39.1 Å². The smallest absolute Gasteiger partial charge is 0.330 e. The van der Waals surface area contributed by atoms with Gasteiger partial charge in [0.15, 0.2) is 0 Å². The van der Waals surface area contributed by atoms with Gasteiger partial charge in [-0.15, -0.1) is 0 Å². The van der Waals surface area contributed by atoms with Crippen molar-refractivity contribution in [3.8, 4) is 28.1 Å². The zero-order valence-corrected chi connectivity index (χ0v) is 29.0. The molecule has 0 fully saturated rings. The molecular formula is C37H36Cl2N4O3S. The minimum atomic E-state index is -3.95. The van der Waals surface area contributed by atoms with E-state index in [1.54, 1.807) is 24.3 Å². The molecule has 0 bridgehead atoms. The number of hydrogen-bond acceptors (Lipinski definition) is 4. The molecule has 1 aromatic heterocycles. The third-order valence-electron chi connectivity index (χ3n) is 8.22. The highest BCUT2D eigenvalue weighted by atomic mass is 35.5. The fraction of sp³-hybridized carbons (Fsp3) is 0.216. The third kappa shape index (κ3) is 6.77. The van der Waals surface area contributed by atoms with Crippen LogP contribution >= 0.6 is 23.2 Å². The van der Waals surface area contributed by atoms with Crippen LogP contribution in [0.3, 0.4) is 0 Å². The number of nitrogens with zero attached hydrogens (tertiary/aromatic N) is 3. The normalized spacial score (nSPS) is 14.5. The van der Waals surface area contributed by atoms with Gasteiger partial charge in [0.25, 0.3) is 0 Å². The molecule has 0 saturated heterocycles. The summed E-state index contributed by atoms with van der Waals surface area (Å²) in [5, 5.41) is 11.3. The molecule has 2 heterocycles. The summed E-state index contributed by atoms with van der Waals surface area (Å²) in [5.74, 6) is 0.436. The van der Waals surface area contributed by atoms with Crippen molar-refractivity contribution in [3.63, 3.8) is 0 Å². The Morgan fingerprint density at radius 2 is 1.47 bits per heavy atom. The first kappa shape index (κ1) is 32.7. The third-order valence-corrected chi connectivity index (χ3v) is 10.1. The van der Waals surface area contributed by atoms with Crippen LogP contribution in [0.15, 0.2) is 109 Å². The number of nitrogens with one attached hydrogen (secondary N) is 1. The molecule has 0 saturated carbocycles. The van der Waals surface area contributed by atoms with Crippen LogP contribution in [0.5, 0.6) is 0 Å². The summed E-state index contributed by atoms with van der Waals surface area (Å²) in [6, 6.07) is 29.6. The molecular weight excluding hydrogens is 651 g/mol. The van der Waals surface area contributed by atoms with E-state index in [-0.39, 0.29) is 11.3 Å². The predicted octanol–water partition coefficient (Wildman–Crippen LogP) is 9.58. The van der Waals surface area contributed by atoms with E-state index in [1.165, 1.54) is 5.56 Å². The van der Waals surface area contributed by atoms with E-state index >= 15 is 0 Å². The molecule has 1 aliphatic rings. The van der Waals surface area contributed by atoms with Crippen LogP contribution in [0.1, 0.15) is 57.5 Å². The molecule has 4 aromatic carbocycles. The van der Waals surface area contributed by atoms with E-state index in [9.17, 15) is 13.5 Å². The van der Waals surface area contributed by atoms with E-state index in [0.29, 0.717) is 46.4 Å². The number of hydrogen-bond donors (Lipinski definition) is 2. The van der Waals surface area contributed by atoms with Crippen LogP contribution < -0.4 is 9.03 Å². The molecule has 6 rings (SSSR count). The Bertz CT molecular complexity index is 2060. The Morgan fingerprint density at radius 1 is 0.851 bits per heavy atom. The first-order valence-electron chi connectivity index (χ1n) is 15.4. The molecule has 0 amide bonds. The monoisotopic (exact) mass is 686 g/mol. The summed E-state index contributed by atoms with van der Waals surface area (Å²) in [5.41, 5.74) is 7.73. The number of allylic oxidation sites excluding steroid dienone is 1. The molecule has 0 radical (unpaired) electrons. The summed E-state index contributed by atoms with van der Waals surface area (Å²) in [7, 11) is -3.95. The van der Waals surface area contributed by atoms with Gasteiger partial charge in [0, 0.05) is 28.9 Å². The highest BCUT2D eigenvalue weighted by Gasteiger charge is 2.36. The predicted molar refractivity (Wildman–Crippen MR) is 192 cm³/mol. The van der Waals surface area contributed by atoms with Gasteiger partial charge >= 0.3 is 10.2 Å². The first-order chi connectivity index (χ1) is 22.3. The van der Waals surface area contributed by atoms with Crippen molar-refractivity contribution in [1.82, 2.24) is 14.3 Å². The lowest BCUT2D eigenvalue weighted by atomic mass is 9.86. The quantitative estimate of drug-likeness (QED) is 0.170. The van der Waals surface area contributed by atoms with Gasteiger partial charge in [0.2, 0.25) is 5.88 Å². The van der Waals surface area contributed by atoms with Crippen molar-refractivity contribution in [2.45, 2.75) is 52.4 Å². The van der Waals surface area contributed by atoms with Gasteiger partial charge in [-0.3, -0.25) is 0 Å². The summed E-state index contributed by atoms with van der Waals surface area (Å²) >= 11 is 12.8. The average molecular weight is 688 g/mol. The van der Waals surface area contributed by atoms with Gasteiger partial charge in [-0.05, 0) is 76.6 Å². The summed E-state index contributed by atoms with van der Waals surface area (Å²) in [6.07, 6.45) is 3.53. The van der Waals surface area contributed by atoms with Crippen molar-refractivity contribution in [2.75, 3.05) is 4.31 Å². The topological polar surface area (TPSA) is 87.5 Å². The van der Waals surface area contributed by atoms with Crippen molar-refractivity contribution in [2.24, 2.45) is 0 Å². The molecule has 7 nitrogen and oxygen atoms in total. The van der Waals surface area contributed by atoms with Gasteiger partial charge in [-0.2, -0.15) is 8.42 Å². The van der Waals surface area contributed by atoms with Crippen LogP contribution in [0.25, 0.3) is 28.1 Å².